The van der Waals surface area contributed by atoms with E-state index in [4.69, 9.17) is 4.74 Å². The van der Waals surface area contributed by atoms with Gasteiger partial charge in [0.25, 0.3) is 0 Å². The van der Waals surface area contributed by atoms with Crippen LogP contribution in [0.3, 0.4) is 0 Å². The molecule has 0 spiro atoms. The molecule has 1 aromatic heterocycles. The van der Waals surface area contributed by atoms with Gasteiger partial charge in [-0.15, -0.1) is 0 Å². The highest BCUT2D eigenvalue weighted by atomic mass is 16.5. The summed E-state index contributed by atoms with van der Waals surface area (Å²) in [6.07, 6.45) is 4.74. The third-order valence-corrected chi connectivity index (χ3v) is 2.61. The summed E-state index contributed by atoms with van der Waals surface area (Å²) in [4.78, 5) is 4.24. The highest BCUT2D eigenvalue weighted by Gasteiger charge is 2.19. The molecule has 0 aromatic carbocycles. The first-order valence-corrected chi connectivity index (χ1v) is 6.21. The van der Waals surface area contributed by atoms with Crippen molar-refractivity contribution in [3.05, 3.63) is 24.0 Å². The van der Waals surface area contributed by atoms with Gasteiger partial charge in [0.1, 0.15) is 5.75 Å². The minimum Gasteiger partial charge on any atom is -0.492 e. The molecule has 0 aliphatic carbocycles. The van der Waals surface area contributed by atoms with Crippen LogP contribution in [0.5, 0.6) is 5.75 Å². The predicted octanol–water partition coefficient (Wildman–Crippen LogP) is 3.18. The maximum Gasteiger partial charge on any atom is 0.137 e. The molecule has 1 N–H and O–H groups in total. The normalized spacial score (nSPS) is 13.5. The van der Waals surface area contributed by atoms with Crippen molar-refractivity contribution >= 4 is 0 Å². The fourth-order valence-electron chi connectivity index (χ4n) is 1.87. The summed E-state index contributed by atoms with van der Waals surface area (Å²) in [7, 11) is 1.99. The van der Waals surface area contributed by atoms with Gasteiger partial charge in [0.15, 0.2) is 0 Å². The Balaban J connectivity index is 2.84. The zero-order valence-corrected chi connectivity index (χ0v) is 11.6. The van der Waals surface area contributed by atoms with Gasteiger partial charge in [-0.1, -0.05) is 20.8 Å². The second-order valence-electron chi connectivity index (χ2n) is 5.49. The molecule has 1 unspecified atom stereocenters. The van der Waals surface area contributed by atoms with Gasteiger partial charge >= 0.3 is 0 Å². The monoisotopic (exact) mass is 236 g/mol. The first-order valence-electron chi connectivity index (χ1n) is 6.21. The molecule has 0 fully saturated rings. The zero-order chi connectivity index (χ0) is 12.9. The van der Waals surface area contributed by atoms with E-state index in [1.807, 2.05) is 20.2 Å². The average Bonchev–Trinajstić information content (AvgIpc) is 2.25. The van der Waals surface area contributed by atoms with Crippen LogP contribution in [0.15, 0.2) is 18.5 Å². The summed E-state index contributed by atoms with van der Waals surface area (Å²) in [6, 6.07) is 2.39. The van der Waals surface area contributed by atoms with Crippen LogP contribution in [0.25, 0.3) is 0 Å². The number of ether oxygens (including phenoxy) is 1. The van der Waals surface area contributed by atoms with E-state index in [2.05, 4.69) is 37.1 Å². The van der Waals surface area contributed by atoms with Crippen molar-refractivity contribution in [1.29, 1.82) is 0 Å². The highest BCUT2D eigenvalue weighted by molar-refractivity contribution is 5.26. The maximum absolute atomic E-state index is 5.48. The van der Waals surface area contributed by atoms with E-state index in [1.165, 1.54) is 5.56 Å². The first kappa shape index (κ1) is 14.0. The highest BCUT2D eigenvalue weighted by Crippen LogP contribution is 2.29. The summed E-state index contributed by atoms with van der Waals surface area (Å²) >= 11 is 0. The van der Waals surface area contributed by atoms with Gasteiger partial charge in [-0.05, 0) is 37.4 Å². The predicted molar refractivity (Wildman–Crippen MR) is 71.3 cm³/mol. The molecule has 1 aromatic rings. The van der Waals surface area contributed by atoms with Crippen molar-refractivity contribution in [3.63, 3.8) is 0 Å². The molecule has 1 heterocycles. The fourth-order valence-corrected chi connectivity index (χ4v) is 1.87. The van der Waals surface area contributed by atoms with E-state index in [9.17, 15) is 0 Å². The fraction of sp³-hybridized carbons (Fsp3) is 0.643. The zero-order valence-electron chi connectivity index (χ0n) is 11.6. The molecule has 0 amide bonds. The molecule has 0 aliphatic heterocycles. The third-order valence-electron chi connectivity index (χ3n) is 2.61. The Morgan fingerprint density at radius 1 is 1.35 bits per heavy atom. The molecule has 96 valence electrons. The summed E-state index contributed by atoms with van der Waals surface area (Å²) in [5.41, 5.74) is 1.48. The van der Waals surface area contributed by atoms with Gasteiger partial charge in [-0.3, -0.25) is 4.98 Å². The Morgan fingerprint density at radius 3 is 2.59 bits per heavy atom. The van der Waals surface area contributed by atoms with E-state index in [-0.39, 0.29) is 5.41 Å². The lowest BCUT2D eigenvalue weighted by atomic mass is 9.86. The minimum atomic E-state index is 0.287. The summed E-state index contributed by atoms with van der Waals surface area (Å²) < 4.78 is 5.48. The molecule has 3 heteroatoms. The molecule has 17 heavy (non-hydrogen) atoms. The van der Waals surface area contributed by atoms with Gasteiger partial charge in [0.2, 0.25) is 0 Å². The molecule has 0 saturated carbocycles. The summed E-state index contributed by atoms with van der Waals surface area (Å²) in [5, 5.41) is 3.35. The van der Waals surface area contributed by atoms with Crippen molar-refractivity contribution in [2.75, 3.05) is 13.7 Å². The van der Waals surface area contributed by atoms with Crippen molar-refractivity contribution in [2.24, 2.45) is 5.41 Å². The minimum absolute atomic E-state index is 0.287. The van der Waals surface area contributed by atoms with Crippen LogP contribution in [0.1, 0.15) is 45.7 Å². The van der Waals surface area contributed by atoms with E-state index < -0.39 is 0 Å². The molecule has 0 radical (unpaired) electrons. The van der Waals surface area contributed by atoms with Crippen LogP contribution in [-0.2, 0) is 0 Å². The van der Waals surface area contributed by atoms with Crippen molar-refractivity contribution in [3.8, 4) is 5.75 Å². The molecule has 0 aliphatic rings. The topological polar surface area (TPSA) is 34.1 Å². The molecular weight excluding hydrogens is 212 g/mol. The molecular formula is C14H24N2O. The van der Waals surface area contributed by atoms with Crippen LogP contribution in [0, 0.1) is 5.41 Å². The van der Waals surface area contributed by atoms with Crippen molar-refractivity contribution in [1.82, 2.24) is 10.3 Å². The molecule has 1 rings (SSSR count). The lowest BCUT2D eigenvalue weighted by molar-refractivity contribution is 0.316. The number of nitrogens with one attached hydrogen (secondary N) is 1. The van der Waals surface area contributed by atoms with E-state index >= 15 is 0 Å². The molecule has 0 saturated heterocycles. The second-order valence-corrected chi connectivity index (χ2v) is 5.49. The quantitative estimate of drug-likeness (QED) is 0.852. The molecule has 1 atom stereocenters. The Kier molecular flexibility index (Phi) is 4.94. The third kappa shape index (κ3) is 4.73. The second kappa shape index (κ2) is 6.01. The van der Waals surface area contributed by atoms with Gasteiger partial charge in [0.05, 0.1) is 12.8 Å². The number of rotatable bonds is 5. The average molecular weight is 236 g/mol. The Bertz CT molecular complexity index is 344. The van der Waals surface area contributed by atoms with Crippen molar-refractivity contribution in [2.45, 2.75) is 40.2 Å². The number of hydrogen-bond acceptors (Lipinski definition) is 3. The molecule has 3 nitrogen and oxygen atoms in total. The van der Waals surface area contributed by atoms with Crippen LogP contribution >= 0.6 is 0 Å². The van der Waals surface area contributed by atoms with Gasteiger partial charge in [-0.25, -0.2) is 0 Å². The van der Waals surface area contributed by atoms with Crippen LogP contribution in [-0.4, -0.2) is 18.6 Å². The number of nitrogens with zero attached hydrogens (tertiary/aromatic N) is 1. The largest absolute Gasteiger partial charge is 0.492 e. The Labute approximate surface area is 105 Å². The van der Waals surface area contributed by atoms with E-state index in [0.29, 0.717) is 12.6 Å². The maximum atomic E-state index is 5.48. The SMILES string of the molecule is CCOc1cncc(C(CC(C)(C)C)NC)c1. The van der Waals surface area contributed by atoms with Gasteiger partial charge in [0, 0.05) is 12.2 Å². The lowest BCUT2D eigenvalue weighted by Crippen LogP contribution is -2.22. The number of pyridine rings is 1. The van der Waals surface area contributed by atoms with Crippen LogP contribution in [0.4, 0.5) is 0 Å². The Hall–Kier alpha value is -1.09. The summed E-state index contributed by atoms with van der Waals surface area (Å²) in [6.45, 7) is 9.40. The number of aromatic nitrogens is 1. The smallest absolute Gasteiger partial charge is 0.137 e. The Morgan fingerprint density at radius 2 is 2.06 bits per heavy atom. The lowest BCUT2D eigenvalue weighted by Gasteiger charge is -2.26. The van der Waals surface area contributed by atoms with Crippen LogP contribution in [0.2, 0.25) is 0 Å². The van der Waals surface area contributed by atoms with Gasteiger partial charge < -0.3 is 10.1 Å². The standard InChI is InChI=1S/C14H24N2O/c1-6-17-12-7-11(9-16-10-12)13(15-5)8-14(2,3)4/h7,9-10,13,15H,6,8H2,1-5H3. The van der Waals surface area contributed by atoms with E-state index in [1.54, 1.807) is 6.20 Å². The number of hydrogen-bond donors (Lipinski definition) is 1. The van der Waals surface area contributed by atoms with E-state index in [0.717, 1.165) is 12.2 Å². The summed E-state index contributed by atoms with van der Waals surface area (Å²) in [5.74, 6) is 0.846. The molecule has 0 bridgehead atoms. The van der Waals surface area contributed by atoms with Gasteiger partial charge in [-0.2, -0.15) is 0 Å². The first-order chi connectivity index (χ1) is 7.96. The van der Waals surface area contributed by atoms with Crippen molar-refractivity contribution < 1.29 is 4.74 Å². The van der Waals surface area contributed by atoms with Crippen LogP contribution < -0.4 is 10.1 Å².